The molecule has 2 unspecified atom stereocenters. The van der Waals surface area contributed by atoms with Gasteiger partial charge in [0.1, 0.15) is 22.8 Å². The summed E-state index contributed by atoms with van der Waals surface area (Å²) in [5, 5.41) is 11.4. The van der Waals surface area contributed by atoms with E-state index in [2.05, 4.69) is 78.0 Å². The molecule has 2 atom stereocenters. The fourth-order valence-electron chi connectivity index (χ4n) is 9.63. The van der Waals surface area contributed by atoms with Crippen LogP contribution in [0, 0.1) is 13.8 Å². The van der Waals surface area contributed by atoms with Crippen LogP contribution in [0.15, 0.2) is 48.8 Å². The average molecular weight is 989 g/mol. The number of hydrogen-bond donors (Lipinski definition) is 0. The molecule has 0 spiro atoms. The number of carbonyl (C=O) groups is 2. The topological polar surface area (TPSA) is 190 Å². The molecular weight excluding hydrogens is 921 g/mol. The van der Waals surface area contributed by atoms with Crippen molar-refractivity contribution in [1.82, 2.24) is 49.3 Å². The van der Waals surface area contributed by atoms with E-state index in [4.69, 9.17) is 28.4 Å². The van der Waals surface area contributed by atoms with Crippen LogP contribution < -0.4 is 19.3 Å². The molecule has 0 N–H and O–H groups in total. The standard InChI is InChI=1S/2C26H34N6O4/c2*1-17-12-19-15-27-32(21(19)13-20(17)18-6-11-35-16-18)23-14-22(28-24(29-23)34-5)30-7-9-31(10-8-30)25(33)36-26(2,3)4/h2*12-15,18H,6-11,16H2,1-5H3. The third-order valence-electron chi connectivity index (χ3n) is 13.3. The van der Waals surface area contributed by atoms with Gasteiger partial charge < -0.3 is 48.0 Å². The Balaban J connectivity index is 0.000000178. The molecule has 4 aliphatic rings. The van der Waals surface area contributed by atoms with Gasteiger partial charge in [0.05, 0.1) is 50.9 Å². The minimum Gasteiger partial charge on any atom is -0.467 e. The van der Waals surface area contributed by atoms with Gasteiger partial charge in [-0.15, -0.1) is 0 Å². The van der Waals surface area contributed by atoms with Crippen LogP contribution in [0.2, 0.25) is 0 Å². The van der Waals surface area contributed by atoms with Crippen LogP contribution in [-0.4, -0.2) is 166 Å². The molecule has 8 heterocycles. The molecule has 4 saturated heterocycles. The Kier molecular flexibility index (Phi) is 14.4. The highest BCUT2D eigenvalue weighted by molar-refractivity contribution is 5.83. The molecule has 4 aromatic heterocycles. The number of benzene rings is 2. The van der Waals surface area contributed by atoms with E-state index in [1.807, 2.05) is 75.4 Å². The van der Waals surface area contributed by atoms with Gasteiger partial charge in [-0.1, -0.05) is 0 Å². The molecule has 4 aliphatic heterocycles. The van der Waals surface area contributed by atoms with Gasteiger partial charge in [0.15, 0.2) is 11.6 Å². The fraction of sp³-hybridized carbons (Fsp3) is 0.538. The smallest absolute Gasteiger partial charge is 0.410 e. The zero-order valence-corrected chi connectivity index (χ0v) is 43.3. The van der Waals surface area contributed by atoms with Crippen LogP contribution >= 0.6 is 0 Å². The largest absolute Gasteiger partial charge is 0.467 e. The van der Waals surface area contributed by atoms with Crippen molar-refractivity contribution in [3.8, 4) is 23.7 Å². The number of ether oxygens (including phenoxy) is 6. The quantitative estimate of drug-likeness (QED) is 0.147. The molecule has 0 saturated carbocycles. The number of methoxy groups -OCH3 is 2. The van der Waals surface area contributed by atoms with Crippen molar-refractivity contribution in [2.45, 2.75) is 91.3 Å². The van der Waals surface area contributed by atoms with Crippen LogP contribution in [0.3, 0.4) is 0 Å². The molecule has 0 aliphatic carbocycles. The maximum Gasteiger partial charge on any atom is 0.410 e. The third kappa shape index (κ3) is 11.3. The summed E-state index contributed by atoms with van der Waals surface area (Å²) in [4.78, 5) is 51.0. The Labute approximate surface area is 420 Å². The zero-order valence-electron chi connectivity index (χ0n) is 43.3. The fourth-order valence-corrected chi connectivity index (χ4v) is 9.63. The minimum absolute atomic E-state index is 0.275. The number of hydrogen-bond acceptors (Lipinski definition) is 16. The van der Waals surface area contributed by atoms with Gasteiger partial charge in [0, 0.05) is 100 Å². The average Bonchev–Trinajstić information content (AvgIpc) is 4.21. The van der Waals surface area contributed by atoms with Crippen molar-refractivity contribution in [3.63, 3.8) is 0 Å². The third-order valence-corrected chi connectivity index (χ3v) is 13.3. The van der Waals surface area contributed by atoms with Gasteiger partial charge in [-0.2, -0.15) is 30.1 Å². The summed E-state index contributed by atoms with van der Waals surface area (Å²) in [7, 11) is 3.12. The summed E-state index contributed by atoms with van der Waals surface area (Å²) in [6.07, 6.45) is 5.22. The highest BCUT2D eigenvalue weighted by atomic mass is 16.6. The minimum atomic E-state index is -0.515. The van der Waals surface area contributed by atoms with Crippen molar-refractivity contribution in [3.05, 3.63) is 71.0 Å². The predicted octanol–water partition coefficient (Wildman–Crippen LogP) is 7.39. The first-order valence-electron chi connectivity index (χ1n) is 24.9. The lowest BCUT2D eigenvalue weighted by Gasteiger charge is -2.36. The van der Waals surface area contributed by atoms with E-state index in [0.29, 0.717) is 75.8 Å². The molecule has 2 aromatic carbocycles. The molecule has 10 rings (SSSR count). The summed E-state index contributed by atoms with van der Waals surface area (Å²) in [5.74, 6) is 3.54. The highest BCUT2D eigenvalue weighted by Crippen LogP contribution is 2.34. The number of piperazine rings is 2. The first-order valence-corrected chi connectivity index (χ1v) is 24.9. The lowest BCUT2D eigenvalue weighted by Crippen LogP contribution is -2.50. The predicted molar refractivity (Wildman–Crippen MR) is 272 cm³/mol. The number of aromatic nitrogens is 8. The molecular formula is C52H68N12O8. The van der Waals surface area contributed by atoms with Gasteiger partial charge in [-0.05, 0) is 115 Å². The van der Waals surface area contributed by atoms with Gasteiger partial charge in [-0.3, -0.25) is 0 Å². The Bertz CT molecular complexity index is 2700. The lowest BCUT2D eigenvalue weighted by atomic mass is 9.93. The van der Waals surface area contributed by atoms with Gasteiger partial charge in [-0.25, -0.2) is 19.0 Å². The molecule has 4 fully saturated rings. The Morgan fingerprint density at radius 2 is 0.917 bits per heavy atom. The number of aryl methyl sites for hydroxylation is 2. The lowest BCUT2D eigenvalue weighted by molar-refractivity contribution is 0.0230. The van der Waals surface area contributed by atoms with Crippen LogP contribution in [0.5, 0.6) is 12.0 Å². The second kappa shape index (κ2) is 20.7. The van der Waals surface area contributed by atoms with Crippen LogP contribution in [0.1, 0.15) is 88.5 Å². The first kappa shape index (κ1) is 50.2. The van der Waals surface area contributed by atoms with E-state index in [9.17, 15) is 9.59 Å². The second-order valence-electron chi connectivity index (χ2n) is 20.8. The Hall–Kier alpha value is -6.80. The van der Waals surface area contributed by atoms with E-state index in [1.165, 1.54) is 22.3 Å². The maximum atomic E-state index is 12.5. The van der Waals surface area contributed by atoms with Crippen molar-refractivity contribution in [2.75, 3.05) is 103 Å². The number of rotatable bonds is 8. The molecule has 0 radical (unpaired) electrons. The van der Waals surface area contributed by atoms with E-state index in [1.54, 1.807) is 24.0 Å². The number of nitrogens with zero attached hydrogens (tertiary/aromatic N) is 12. The van der Waals surface area contributed by atoms with Crippen LogP contribution in [0.25, 0.3) is 33.4 Å². The van der Waals surface area contributed by atoms with E-state index in [0.717, 1.165) is 72.7 Å². The summed E-state index contributed by atoms with van der Waals surface area (Å²) in [6.45, 7) is 23.4. The molecule has 0 bridgehead atoms. The number of carbonyl (C=O) groups excluding carboxylic acids is 2. The number of anilines is 2. The zero-order chi connectivity index (χ0) is 50.9. The van der Waals surface area contributed by atoms with Crippen molar-refractivity contribution in [1.29, 1.82) is 0 Å². The van der Waals surface area contributed by atoms with Crippen molar-refractivity contribution in [2.24, 2.45) is 0 Å². The van der Waals surface area contributed by atoms with Gasteiger partial charge in [0.25, 0.3) is 0 Å². The van der Waals surface area contributed by atoms with E-state index in [-0.39, 0.29) is 24.2 Å². The molecule has 6 aromatic rings. The van der Waals surface area contributed by atoms with Crippen molar-refractivity contribution >= 4 is 45.6 Å². The Morgan fingerprint density at radius 3 is 1.25 bits per heavy atom. The van der Waals surface area contributed by atoms with Gasteiger partial charge >= 0.3 is 24.2 Å². The SMILES string of the molecule is COc1nc(N2CCN(C(=O)OC(C)(C)C)CC2)cc(-n2ncc3cc(C)c(C4CCOC4)cc32)n1.COc1nc(N2CCN(C(=O)OC(C)(C)C)CC2)cc(-n2ncc3cc(C)c(C4CCOC4)cc32)n1. The van der Waals surface area contributed by atoms with E-state index < -0.39 is 11.2 Å². The molecule has 20 nitrogen and oxygen atoms in total. The Morgan fingerprint density at radius 1 is 0.542 bits per heavy atom. The summed E-state index contributed by atoms with van der Waals surface area (Å²) < 4.78 is 36.9. The number of amides is 2. The van der Waals surface area contributed by atoms with Crippen LogP contribution in [0.4, 0.5) is 21.2 Å². The highest BCUT2D eigenvalue weighted by Gasteiger charge is 2.30. The molecule has 384 valence electrons. The normalized spacial score (nSPS) is 18.6. The molecule has 20 heteroatoms. The monoisotopic (exact) mass is 989 g/mol. The van der Waals surface area contributed by atoms with E-state index >= 15 is 0 Å². The number of fused-ring (bicyclic) bond motifs is 2. The van der Waals surface area contributed by atoms with Crippen LogP contribution in [-0.2, 0) is 18.9 Å². The van der Waals surface area contributed by atoms with Gasteiger partial charge in [0.2, 0.25) is 0 Å². The summed E-state index contributed by atoms with van der Waals surface area (Å²) in [6, 6.07) is 13.2. The molecule has 72 heavy (non-hydrogen) atoms. The van der Waals surface area contributed by atoms with Crippen molar-refractivity contribution < 1.29 is 38.0 Å². The molecule has 2 amide bonds. The summed E-state index contributed by atoms with van der Waals surface area (Å²) in [5.41, 5.74) is 6.04. The maximum absolute atomic E-state index is 12.5. The second-order valence-corrected chi connectivity index (χ2v) is 20.8. The summed E-state index contributed by atoms with van der Waals surface area (Å²) >= 11 is 0. The first-order chi connectivity index (χ1) is 34.4.